The number of methoxy groups -OCH3 is 2. The average molecular weight is 905 g/mol. The molecule has 0 amide bonds. The molecule has 0 bridgehead atoms. The number of aliphatic hydroxyl groups is 5. The standard InChI is InChI=1S/C48H92N2O13/c1-18-35-48(13,56)40(52)30(5)37(49-23-21-27(2)20-19-22-45(9,10)57-16)28(3)25-46(11,55)42(63-44-38(51)34(50(14)15)24-29(4)59-44)31(6)39(32(7)43(54)61-35)62-36-26-47(12,58-17)41(53)33(8)60-36/h27-42,44,49,51-53,55-56H,18-26H2,1-17H3/t27?,28-,29-,30+,31+,32-,33+,34+,35?,36+,37+,38-,39?,40-,41+,42-,44+,46-,47-,48-/m1/s1. The van der Waals surface area contributed by atoms with E-state index in [4.69, 9.17) is 33.2 Å². The maximum atomic E-state index is 14.5. The number of ether oxygens (including phenoxy) is 7. The van der Waals surface area contributed by atoms with Crippen molar-refractivity contribution >= 4 is 5.97 Å². The Morgan fingerprint density at radius 2 is 1.56 bits per heavy atom. The minimum Gasteiger partial charge on any atom is -0.459 e. The summed E-state index contributed by atoms with van der Waals surface area (Å²) in [6.07, 6.45) is -4.72. The van der Waals surface area contributed by atoms with Gasteiger partial charge in [0.1, 0.15) is 23.9 Å². The van der Waals surface area contributed by atoms with E-state index in [2.05, 4.69) is 26.1 Å². The van der Waals surface area contributed by atoms with E-state index in [1.165, 1.54) is 14.0 Å². The van der Waals surface area contributed by atoms with Crippen LogP contribution < -0.4 is 5.32 Å². The van der Waals surface area contributed by atoms with Crippen LogP contribution in [0, 0.1) is 29.6 Å². The van der Waals surface area contributed by atoms with Crippen LogP contribution in [0.5, 0.6) is 0 Å². The van der Waals surface area contributed by atoms with Gasteiger partial charge in [-0.2, -0.15) is 0 Å². The van der Waals surface area contributed by atoms with E-state index in [0.717, 1.165) is 25.7 Å². The normalized spacial score (nSPS) is 44.5. The molecule has 0 aromatic rings. The van der Waals surface area contributed by atoms with E-state index in [1.54, 1.807) is 41.7 Å². The largest absolute Gasteiger partial charge is 0.459 e. The van der Waals surface area contributed by atoms with Crippen molar-refractivity contribution in [1.82, 2.24) is 10.2 Å². The Hall–Kier alpha value is -1.05. The lowest BCUT2D eigenvalue weighted by Gasteiger charge is -2.49. The van der Waals surface area contributed by atoms with Crippen molar-refractivity contribution in [1.29, 1.82) is 0 Å². The molecule has 20 atom stereocenters. The van der Waals surface area contributed by atoms with E-state index in [-0.39, 0.29) is 42.9 Å². The second-order valence-corrected chi connectivity index (χ2v) is 21.4. The van der Waals surface area contributed by atoms with Gasteiger partial charge in [0.2, 0.25) is 0 Å². The molecule has 0 aromatic carbocycles. The van der Waals surface area contributed by atoms with Crippen LogP contribution in [0.15, 0.2) is 0 Å². The first-order valence-corrected chi connectivity index (χ1v) is 23.9. The molecule has 0 saturated carbocycles. The number of hydrogen-bond acceptors (Lipinski definition) is 15. The number of rotatable bonds is 16. The van der Waals surface area contributed by atoms with Gasteiger partial charge in [-0.1, -0.05) is 47.5 Å². The quantitative estimate of drug-likeness (QED) is 0.116. The van der Waals surface area contributed by atoms with Crippen LogP contribution in [-0.4, -0.2) is 167 Å². The van der Waals surface area contributed by atoms with Crippen LogP contribution in [0.2, 0.25) is 0 Å². The SMILES string of the molecule is CCC1OC(=O)[C@H](C)C(O[C@H]2C[C@@](C)(OC)[C@@H](O)[C@H](C)O2)[C@H](C)[C@@H](O[C@@H]2O[C@H](C)C[C@H](N(C)C)[C@H]2O)[C@](C)(O)C[C@@H](C)[C@H](NCCC(C)CCCC(C)(C)OC)[C@H](C)[C@@H](O)[C@]1(C)O. The topological polar surface area (TPSA) is 198 Å². The number of hydrogen-bond donors (Lipinski definition) is 6. The molecule has 0 aromatic heterocycles. The van der Waals surface area contributed by atoms with Crippen molar-refractivity contribution in [3.63, 3.8) is 0 Å². The fourth-order valence-electron chi connectivity index (χ4n) is 10.6. The lowest BCUT2D eigenvalue weighted by Crippen LogP contribution is -2.62. The summed E-state index contributed by atoms with van der Waals surface area (Å²) in [6, 6.07) is -0.711. The van der Waals surface area contributed by atoms with Crippen LogP contribution in [-0.2, 0) is 38.0 Å². The molecule has 0 radical (unpaired) electrons. The molecule has 6 N–H and O–H groups in total. The molecular formula is C48H92N2O13. The zero-order valence-electron chi connectivity index (χ0n) is 42.1. The minimum atomic E-state index is -1.85. The Bertz CT molecular complexity index is 1390. The number of esters is 1. The maximum Gasteiger partial charge on any atom is 0.311 e. The summed E-state index contributed by atoms with van der Waals surface area (Å²) in [7, 11) is 7.04. The Morgan fingerprint density at radius 1 is 0.921 bits per heavy atom. The molecule has 3 heterocycles. The summed E-state index contributed by atoms with van der Waals surface area (Å²) in [5.41, 5.74) is -4.72. The van der Waals surface area contributed by atoms with Gasteiger partial charge in [0.05, 0.1) is 53.2 Å². The molecule has 15 heteroatoms. The third-order valence-electron chi connectivity index (χ3n) is 15.2. The highest BCUT2D eigenvalue weighted by Crippen LogP contribution is 2.41. The molecule has 3 rings (SSSR count). The van der Waals surface area contributed by atoms with Gasteiger partial charge in [0.25, 0.3) is 0 Å². The van der Waals surface area contributed by atoms with Gasteiger partial charge in [-0.15, -0.1) is 0 Å². The summed E-state index contributed by atoms with van der Waals surface area (Å²) < 4.78 is 43.8. The van der Waals surface area contributed by atoms with Crippen LogP contribution in [0.1, 0.15) is 141 Å². The fourth-order valence-corrected chi connectivity index (χ4v) is 10.6. The summed E-state index contributed by atoms with van der Waals surface area (Å²) in [6.45, 7) is 24.9. The highest BCUT2D eigenvalue weighted by atomic mass is 16.7. The molecule has 3 aliphatic rings. The van der Waals surface area contributed by atoms with E-state index in [0.29, 0.717) is 18.9 Å². The molecule has 3 unspecified atom stereocenters. The molecule has 372 valence electrons. The molecule has 63 heavy (non-hydrogen) atoms. The highest BCUT2D eigenvalue weighted by Gasteiger charge is 2.53. The smallest absolute Gasteiger partial charge is 0.311 e. The number of nitrogens with one attached hydrogen (secondary N) is 1. The third kappa shape index (κ3) is 14.2. The van der Waals surface area contributed by atoms with Gasteiger partial charge < -0.3 is 68.9 Å². The van der Waals surface area contributed by atoms with E-state index < -0.39 is 102 Å². The molecule has 3 fully saturated rings. The zero-order valence-corrected chi connectivity index (χ0v) is 42.1. The van der Waals surface area contributed by atoms with Crippen molar-refractivity contribution in [3.05, 3.63) is 0 Å². The van der Waals surface area contributed by atoms with Crippen LogP contribution in [0.25, 0.3) is 0 Å². The van der Waals surface area contributed by atoms with E-state index in [9.17, 15) is 30.3 Å². The van der Waals surface area contributed by atoms with E-state index >= 15 is 0 Å². The Labute approximate surface area is 380 Å². The lowest BCUT2D eigenvalue weighted by atomic mass is 9.72. The predicted octanol–water partition coefficient (Wildman–Crippen LogP) is 4.80. The minimum absolute atomic E-state index is 0.124. The molecule has 3 saturated heterocycles. The molecular weight excluding hydrogens is 813 g/mol. The second kappa shape index (κ2) is 23.3. The van der Waals surface area contributed by atoms with Crippen molar-refractivity contribution in [2.24, 2.45) is 29.6 Å². The monoisotopic (exact) mass is 905 g/mol. The summed E-state index contributed by atoms with van der Waals surface area (Å²) in [5, 5.41) is 63.8. The first-order chi connectivity index (χ1) is 29.1. The number of aliphatic hydroxyl groups excluding tert-OH is 3. The third-order valence-corrected chi connectivity index (χ3v) is 15.2. The van der Waals surface area contributed by atoms with E-state index in [1.807, 2.05) is 46.7 Å². The number of nitrogens with zero attached hydrogens (tertiary/aromatic N) is 1. The van der Waals surface area contributed by atoms with Crippen molar-refractivity contribution in [2.75, 3.05) is 34.9 Å². The average Bonchev–Trinajstić information content (AvgIpc) is 3.20. The highest BCUT2D eigenvalue weighted by molar-refractivity contribution is 5.73. The molecule has 3 aliphatic heterocycles. The van der Waals surface area contributed by atoms with Gasteiger partial charge in [0.15, 0.2) is 12.6 Å². The second-order valence-electron chi connectivity index (χ2n) is 21.4. The molecule has 0 spiro atoms. The maximum absolute atomic E-state index is 14.5. The van der Waals surface area contributed by atoms with Crippen LogP contribution in [0.3, 0.4) is 0 Å². The summed E-state index contributed by atoms with van der Waals surface area (Å²) >= 11 is 0. The van der Waals surface area contributed by atoms with Gasteiger partial charge in [-0.25, -0.2) is 0 Å². The first kappa shape index (κ1) is 56.3. The van der Waals surface area contributed by atoms with Gasteiger partial charge in [-0.3, -0.25) is 4.79 Å². The Balaban J connectivity index is 2.14. The van der Waals surface area contributed by atoms with Gasteiger partial charge >= 0.3 is 5.97 Å². The van der Waals surface area contributed by atoms with Gasteiger partial charge in [-0.05, 0) is 120 Å². The number of likely N-dealkylation sites (N-methyl/N-ethyl adjacent to an activating group) is 1. The number of cyclic esters (lactones) is 1. The number of carbonyl (C=O) groups is 1. The Morgan fingerprint density at radius 3 is 2.13 bits per heavy atom. The van der Waals surface area contributed by atoms with Crippen molar-refractivity contribution in [2.45, 2.75) is 237 Å². The Kier molecular flexibility index (Phi) is 20.8. The summed E-state index contributed by atoms with van der Waals surface area (Å²) in [4.78, 5) is 16.4. The fraction of sp³-hybridized carbons (Fsp3) is 0.979. The lowest BCUT2D eigenvalue weighted by molar-refractivity contribution is -0.318. The zero-order chi connectivity index (χ0) is 48.0. The van der Waals surface area contributed by atoms with Crippen molar-refractivity contribution < 1.29 is 63.5 Å². The van der Waals surface area contributed by atoms with Crippen LogP contribution in [0.4, 0.5) is 0 Å². The first-order valence-electron chi connectivity index (χ1n) is 23.9. The van der Waals surface area contributed by atoms with Crippen LogP contribution >= 0.6 is 0 Å². The summed E-state index contributed by atoms with van der Waals surface area (Å²) in [5.74, 6) is -2.95. The molecule has 0 aliphatic carbocycles. The molecule has 15 nitrogen and oxygen atoms in total. The van der Waals surface area contributed by atoms with Crippen molar-refractivity contribution in [3.8, 4) is 0 Å². The van der Waals surface area contributed by atoms with Gasteiger partial charge in [0, 0.05) is 44.6 Å². The predicted molar refractivity (Wildman–Crippen MR) is 242 cm³/mol. The number of carbonyl (C=O) groups excluding carboxylic acids is 1.